The first-order valence-corrected chi connectivity index (χ1v) is 10.1. The smallest absolute Gasteiger partial charge is 0.237 e. The Morgan fingerprint density at radius 2 is 1.71 bits per heavy atom. The molecule has 2 aliphatic rings. The molecule has 4 nitrogen and oxygen atoms in total. The predicted molar refractivity (Wildman–Crippen MR) is 112 cm³/mol. The number of fused-ring (bicyclic) bond motifs is 6. The first-order chi connectivity index (χ1) is 13.3. The first kappa shape index (κ1) is 17.9. The Morgan fingerprint density at radius 1 is 1.07 bits per heavy atom. The highest BCUT2D eigenvalue weighted by molar-refractivity contribution is 6.42. The van der Waals surface area contributed by atoms with Crippen LogP contribution < -0.4 is 5.32 Å². The number of aromatic nitrogens is 2. The molecule has 1 saturated carbocycles. The maximum atomic E-state index is 13.6. The molecule has 1 fully saturated rings. The van der Waals surface area contributed by atoms with Crippen LogP contribution in [0.1, 0.15) is 44.0 Å². The topological polar surface area (TPSA) is 54.9 Å². The minimum Gasteiger partial charge on any atom is -0.325 e. The van der Waals surface area contributed by atoms with E-state index in [1.807, 2.05) is 30.3 Å². The summed E-state index contributed by atoms with van der Waals surface area (Å²) in [4.78, 5) is 23.4. The van der Waals surface area contributed by atoms with Crippen LogP contribution in [-0.4, -0.2) is 15.9 Å². The lowest BCUT2D eigenvalue weighted by Crippen LogP contribution is -2.46. The Hall–Kier alpha value is -2.17. The molecule has 1 aromatic heterocycles. The number of carbonyl (C=O) groups excluding carboxylic acids is 1. The Bertz CT molecular complexity index is 1130. The lowest BCUT2D eigenvalue weighted by Gasteiger charge is -2.36. The largest absolute Gasteiger partial charge is 0.325 e. The molecule has 2 bridgehead atoms. The molecule has 1 amide bonds. The van der Waals surface area contributed by atoms with E-state index < -0.39 is 5.41 Å². The van der Waals surface area contributed by atoms with Crippen molar-refractivity contribution in [3.05, 3.63) is 63.9 Å². The standard InChI is InChI=1S/C22H19Cl2N3O/c1-21(2)13-8-9-22(21,20(28)25-12-6-4-3-5-7-12)19-18(13)26-16-10-14(23)15(24)11-17(16)27-19/h3-7,10-11,13H,8-9H2,1-2H3,(H,25,28). The minimum atomic E-state index is -0.712. The van der Waals surface area contributed by atoms with Gasteiger partial charge in [0.1, 0.15) is 0 Å². The predicted octanol–water partition coefficient (Wildman–Crippen LogP) is 5.73. The van der Waals surface area contributed by atoms with Gasteiger partial charge < -0.3 is 5.32 Å². The monoisotopic (exact) mass is 411 g/mol. The summed E-state index contributed by atoms with van der Waals surface area (Å²) in [5.41, 5.74) is 2.89. The molecule has 6 heteroatoms. The van der Waals surface area contributed by atoms with Crippen molar-refractivity contribution in [2.45, 2.75) is 38.0 Å². The van der Waals surface area contributed by atoms with E-state index in [1.54, 1.807) is 12.1 Å². The summed E-state index contributed by atoms with van der Waals surface area (Å²) < 4.78 is 0. The highest BCUT2D eigenvalue weighted by Crippen LogP contribution is 2.67. The van der Waals surface area contributed by atoms with Crippen molar-refractivity contribution in [1.82, 2.24) is 9.97 Å². The molecule has 142 valence electrons. The number of amides is 1. The number of hydrogen-bond acceptors (Lipinski definition) is 3. The number of hydrogen-bond donors (Lipinski definition) is 1. The molecule has 5 rings (SSSR count). The van der Waals surface area contributed by atoms with Crippen molar-refractivity contribution < 1.29 is 4.79 Å². The molecule has 0 aliphatic heterocycles. The highest BCUT2D eigenvalue weighted by atomic mass is 35.5. The molecule has 0 spiro atoms. The number of carbonyl (C=O) groups is 1. The molecular formula is C22H19Cl2N3O. The van der Waals surface area contributed by atoms with E-state index in [4.69, 9.17) is 33.2 Å². The van der Waals surface area contributed by atoms with Crippen molar-refractivity contribution in [2.75, 3.05) is 5.32 Å². The maximum absolute atomic E-state index is 13.6. The van der Waals surface area contributed by atoms with Crippen LogP contribution in [0.2, 0.25) is 10.0 Å². The molecule has 0 radical (unpaired) electrons. The lowest BCUT2D eigenvalue weighted by atomic mass is 9.67. The molecule has 2 unspecified atom stereocenters. The maximum Gasteiger partial charge on any atom is 0.237 e. The van der Waals surface area contributed by atoms with Crippen LogP contribution >= 0.6 is 23.2 Å². The quantitative estimate of drug-likeness (QED) is 0.585. The SMILES string of the molecule is CC1(C)C2CCC1(C(=O)Nc1ccccc1)c1nc3cc(Cl)c(Cl)cc3nc12. The Balaban J connectivity index is 1.69. The van der Waals surface area contributed by atoms with Crippen molar-refractivity contribution in [1.29, 1.82) is 0 Å². The molecule has 2 aliphatic carbocycles. The summed E-state index contributed by atoms with van der Waals surface area (Å²) in [5, 5.41) is 4.01. The van der Waals surface area contributed by atoms with Crippen molar-refractivity contribution >= 4 is 45.8 Å². The minimum absolute atomic E-state index is 0.0151. The van der Waals surface area contributed by atoms with Gasteiger partial charge in [-0.15, -0.1) is 0 Å². The van der Waals surface area contributed by atoms with Gasteiger partial charge in [0.15, 0.2) is 0 Å². The number of nitrogens with one attached hydrogen (secondary N) is 1. The van der Waals surface area contributed by atoms with E-state index in [9.17, 15) is 4.79 Å². The molecule has 2 atom stereocenters. The average molecular weight is 412 g/mol. The van der Waals surface area contributed by atoms with Crippen LogP contribution in [0.5, 0.6) is 0 Å². The third-order valence-electron chi connectivity index (χ3n) is 6.67. The van der Waals surface area contributed by atoms with Gasteiger partial charge in [-0.1, -0.05) is 55.2 Å². The van der Waals surface area contributed by atoms with Crippen LogP contribution in [0, 0.1) is 5.41 Å². The zero-order valence-corrected chi connectivity index (χ0v) is 17.1. The van der Waals surface area contributed by atoms with Gasteiger partial charge in [0.25, 0.3) is 0 Å². The number of nitrogens with zero attached hydrogens (tertiary/aromatic N) is 2. The molecule has 1 N–H and O–H groups in total. The number of benzene rings is 2. The third-order valence-corrected chi connectivity index (χ3v) is 7.39. The second-order valence-electron chi connectivity index (χ2n) is 8.25. The summed E-state index contributed by atoms with van der Waals surface area (Å²) in [6, 6.07) is 13.0. The molecule has 3 aromatic rings. The summed E-state index contributed by atoms with van der Waals surface area (Å²) >= 11 is 12.4. The van der Waals surface area contributed by atoms with Crippen LogP contribution in [0.3, 0.4) is 0 Å². The van der Waals surface area contributed by atoms with E-state index in [0.717, 1.165) is 35.4 Å². The van der Waals surface area contributed by atoms with Gasteiger partial charge in [-0.3, -0.25) is 4.79 Å². The number of rotatable bonds is 2. The van der Waals surface area contributed by atoms with Gasteiger partial charge in [0, 0.05) is 11.6 Å². The normalized spacial score (nSPS) is 24.4. The fourth-order valence-electron chi connectivity index (χ4n) is 5.14. The van der Waals surface area contributed by atoms with Crippen LogP contribution in [0.25, 0.3) is 11.0 Å². The van der Waals surface area contributed by atoms with Gasteiger partial charge in [-0.2, -0.15) is 0 Å². The fourth-order valence-corrected chi connectivity index (χ4v) is 5.45. The van der Waals surface area contributed by atoms with Crippen molar-refractivity contribution in [3.8, 4) is 0 Å². The summed E-state index contributed by atoms with van der Waals surface area (Å²) in [7, 11) is 0. The van der Waals surface area contributed by atoms with E-state index >= 15 is 0 Å². The zero-order chi connectivity index (χ0) is 19.7. The third kappa shape index (κ3) is 2.22. The van der Waals surface area contributed by atoms with Gasteiger partial charge in [0.05, 0.1) is 37.9 Å². The second-order valence-corrected chi connectivity index (χ2v) is 9.07. The zero-order valence-electron chi connectivity index (χ0n) is 15.6. The fraction of sp³-hybridized carbons (Fsp3) is 0.318. The number of para-hydroxylation sites is 1. The summed E-state index contributed by atoms with van der Waals surface area (Å²) in [5.74, 6) is 0.175. The van der Waals surface area contributed by atoms with E-state index in [2.05, 4.69) is 19.2 Å². The van der Waals surface area contributed by atoms with Crippen LogP contribution in [-0.2, 0) is 10.2 Å². The van der Waals surface area contributed by atoms with Gasteiger partial charge in [-0.05, 0) is 42.5 Å². The van der Waals surface area contributed by atoms with E-state index in [1.165, 1.54) is 0 Å². The van der Waals surface area contributed by atoms with E-state index in [-0.39, 0.29) is 17.2 Å². The van der Waals surface area contributed by atoms with Gasteiger partial charge >= 0.3 is 0 Å². The molecule has 0 saturated heterocycles. The first-order valence-electron chi connectivity index (χ1n) is 9.38. The summed E-state index contributed by atoms with van der Waals surface area (Å²) in [6.07, 6.45) is 1.68. The summed E-state index contributed by atoms with van der Waals surface area (Å²) in [6.45, 7) is 4.31. The van der Waals surface area contributed by atoms with Crippen LogP contribution in [0.4, 0.5) is 5.69 Å². The second kappa shape index (κ2) is 5.91. The average Bonchev–Trinajstić information content (AvgIpc) is 3.04. The van der Waals surface area contributed by atoms with Gasteiger partial charge in [-0.25, -0.2) is 9.97 Å². The van der Waals surface area contributed by atoms with Crippen molar-refractivity contribution in [2.24, 2.45) is 5.41 Å². The molecule has 28 heavy (non-hydrogen) atoms. The number of halogens is 2. The van der Waals surface area contributed by atoms with Crippen molar-refractivity contribution in [3.63, 3.8) is 0 Å². The Morgan fingerprint density at radius 3 is 2.39 bits per heavy atom. The highest BCUT2D eigenvalue weighted by Gasteiger charge is 2.67. The molecular weight excluding hydrogens is 393 g/mol. The Kier molecular flexibility index (Phi) is 3.78. The molecule has 1 heterocycles. The lowest BCUT2D eigenvalue weighted by molar-refractivity contribution is -0.124. The number of anilines is 1. The van der Waals surface area contributed by atoms with E-state index in [0.29, 0.717) is 15.6 Å². The molecule has 2 aromatic carbocycles. The van der Waals surface area contributed by atoms with Gasteiger partial charge in [0.2, 0.25) is 5.91 Å². The Labute approximate surface area is 173 Å². The van der Waals surface area contributed by atoms with Crippen LogP contribution in [0.15, 0.2) is 42.5 Å².